The Kier molecular flexibility index (Phi) is 3.69. The van der Waals surface area contributed by atoms with Crippen LogP contribution in [0, 0.1) is 5.82 Å². The molecular weight excluding hydrogens is 281 g/mol. The standard InChI is InChI=1S/C14H18FNO3S/c15-11-5-1-2-6-12(11)16-13-7-3-4-8-14(13)19-9-10-20(16,17)18/h1-2,5-6,13-14H,3-4,7-10H2/t13-,14-/m0/s1. The number of hydrogen-bond donors (Lipinski definition) is 0. The quantitative estimate of drug-likeness (QED) is 0.799. The number of para-hydroxylation sites is 1. The van der Waals surface area contributed by atoms with Crippen LogP contribution in [0.25, 0.3) is 0 Å². The first kappa shape index (κ1) is 13.8. The van der Waals surface area contributed by atoms with Crippen LogP contribution < -0.4 is 4.31 Å². The molecule has 0 spiro atoms. The van der Waals surface area contributed by atoms with Crippen LogP contribution in [0.5, 0.6) is 0 Å². The first-order valence-corrected chi connectivity index (χ1v) is 8.59. The molecule has 1 heterocycles. The second-order valence-corrected chi connectivity index (χ2v) is 7.29. The summed E-state index contributed by atoms with van der Waals surface area (Å²) in [5, 5.41) is 0. The highest BCUT2D eigenvalue weighted by atomic mass is 32.2. The number of ether oxygens (including phenoxy) is 1. The van der Waals surface area contributed by atoms with Gasteiger partial charge in [0.15, 0.2) is 0 Å². The molecule has 3 rings (SSSR count). The van der Waals surface area contributed by atoms with Crippen LogP contribution in [-0.4, -0.2) is 32.9 Å². The molecule has 0 aromatic heterocycles. The summed E-state index contributed by atoms with van der Waals surface area (Å²) in [6.07, 6.45) is 3.42. The molecular formula is C14H18FNO3S. The Morgan fingerprint density at radius 1 is 1.20 bits per heavy atom. The SMILES string of the molecule is O=S1(=O)CCO[C@H]2CCCC[C@@H]2N1c1ccccc1F. The summed E-state index contributed by atoms with van der Waals surface area (Å²) >= 11 is 0. The maximum Gasteiger partial charge on any atom is 0.237 e. The second-order valence-electron chi connectivity index (χ2n) is 5.32. The van der Waals surface area contributed by atoms with Crippen LogP contribution in [-0.2, 0) is 14.8 Å². The van der Waals surface area contributed by atoms with Gasteiger partial charge in [-0.1, -0.05) is 25.0 Å². The molecule has 1 aliphatic carbocycles. The van der Waals surface area contributed by atoms with Crippen LogP contribution in [0.4, 0.5) is 10.1 Å². The molecule has 0 bridgehead atoms. The number of rotatable bonds is 1. The molecule has 6 heteroatoms. The summed E-state index contributed by atoms with van der Waals surface area (Å²) in [7, 11) is -3.54. The van der Waals surface area contributed by atoms with Crippen molar-refractivity contribution < 1.29 is 17.5 Å². The van der Waals surface area contributed by atoms with Crippen LogP contribution in [0.15, 0.2) is 24.3 Å². The zero-order chi connectivity index (χ0) is 14.2. The van der Waals surface area contributed by atoms with Crippen molar-refractivity contribution in [1.29, 1.82) is 0 Å². The van der Waals surface area contributed by atoms with Crippen molar-refractivity contribution in [2.24, 2.45) is 0 Å². The van der Waals surface area contributed by atoms with E-state index in [4.69, 9.17) is 4.74 Å². The van der Waals surface area contributed by atoms with Gasteiger partial charge in [0.05, 0.1) is 30.2 Å². The highest BCUT2D eigenvalue weighted by molar-refractivity contribution is 7.92. The normalized spacial score (nSPS) is 29.6. The summed E-state index contributed by atoms with van der Waals surface area (Å²) in [6, 6.07) is 5.78. The number of anilines is 1. The predicted molar refractivity (Wildman–Crippen MR) is 74.7 cm³/mol. The molecule has 110 valence electrons. The third-order valence-electron chi connectivity index (χ3n) is 4.03. The molecule has 1 aromatic carbocycles. The molecule has 2 aliphatic rings. The van der Waals surface area contributed by atoms with Crippen LogP contribution in [0.1, 0.15) is 25.7 Å². The molecule has 4 nitrogen and oxygen atoms in total. The van der Waals surface area contributed by atoms with E-state index in [1.807, 2.05) is 0 Å². The van der Waals surface area contributed by atoms with E-state index in [0.717, 1.165) is 25.7 Å². The number of halogens is 1. The smallest absolute Gasteiger partial charge is 0.237 e. The molecule has 1 aliphatic heterocycles. The lowest BCUT2D eigenvalue weighted by atomic mass is 9.92. The monoisotopic (exact) mass is 299 g/mol. The lowest BCUT2D eigenvalue weighted by molar-refractivity contribution is 0.0296. The third kappa shape index (κ3) is 2.42. The van der Waals surface area contributed by atoms with Crippen LogP contribution in [0.2, 0.25) is 0 Å². The van der Waals surface area contributed by atoms with Crippen molar-refractivity contribution in [3.8, 4) is 0 Å². The summed E-state index contributed by atoms with van der Waals surface area (Å²) in [5.74, 6) is -0.587. The summed E-state index contributed by atoms with van der Waals surface area (Å²) in [6.45, 7) is 0.189. The molecule has 2 atom stereocenters. The van der Waals surface area contributed by atoms with Crippen LogP contribution in [0.3, 0.4) is 0 Å². The summed E-state index contributed by atoms with van der Waals surface area (Å²) in [5.41, 5.74) is 0.148. The minimum Gasteiger partial charge on any atom is -0.375 e. The minimum atomic E-state index is -3.54. The van der Waals surface area contributed by atoms with Crippen molar-refractivity contribution in [1.82, 2.24) is 0 Å². The molecule has 1 aromatic rings. The van der Waals surface area contributed by atoms with E-state index in [9.17, 15) is 12.8 Å². The fourth-order valence-electron chi connectivity index (χ4n) is 3.11. The number of nitrogens with zero attached hydrogens (tertiary/aromatic N) is 1. The van der Waals surface area contributed by atoms with E-state index in [0.29, 0.717) is 0 Å². The summed E-state index contributed by atoms with van der Waals surface area (Å²) in [4.78, 5) is 0. The van der Waals surface area contributed by atoms with Gasteiger partial charge < -0.3 is 4.74 Å². The van der Waals surface area contributed by atoms with Gasteiger partial charge in [-0.3, -0.25) is 4.31 Å². The number of hydrogen-bond acceptors (Lipinski definition) is 3. The van der Waals surface area contributed by atoms with Gasteiger partial charge in [-0.05, 0) is 25.0 Å². The Morgan fingerprint density at radius 3 is 2.75 bits per heavy atom. The van der Waals surface area contributed by atoms with Crippen LogP contribution >= 0.6 is 0 Å². The van der Waals surface area contributed by atoms with Gasteiger partial charge in [0.1, 0.15) is 5.82 Å². The van der Waals surface area contributed by atoms with E-state index in [-0.39, 0.29) is 30.2 Å². The largest absolute Gasteiger partial charge is 0.375 e. The molecule has 0 radical (unpaired) electrons. The number of benzene rings is 1. The van der Waals surface area contributed by atoms with Gasteiger partial charge in [-0.15, -0.1) is 0 Å². The van der Waals surface area contributed by atoms with Gasteiger partial charge in [-0.25, -0.2) is 12.8 Å². The Hall–Kier alpha value is -1.14. The minimum absolute atomic E-state index is 0.0890. The van der Waals surface area contributed by atoms with E-state index in [1.54, 1.807) is 12.1 Å². The molecule has 0 unspecified atom stereocenters. The van der Waals surface area contributed by atoms with Gasteiger partial charge in [0.2, 0.25) is 10.0 Å². The topological polar surface area (TPSA) is 46.6 Å². The maximum absolute atomic E-state index is 14.1. The van der Waals surface area contributed by atoms with E-state index >= 15 is 0 Å². The lowest BCUT2D eigenvalue weighted by Gasteiger charge is -2.37. The average Bonchev–Trinajstić information content (AvgIpc) is 2.55. The maximum atomic E-state index is 14.1. The van der Waals surface area contributed by atoms with Crippen molar-refractivity contribution in [2.45, 2.75) is 37.8 Å². The Morgan fingerprint density at radius 2 is 1.95 bits per heavy atom. The van der Waals surface area contributed by atoms with E-state index in [2.05, 4.69) is 0 Å². The first-order valence-electron chi connectivity index (χ1n) is 6.98. The zero-order valence-corrected chi connectivity index (χ0v) is 12.0. The van der Waals surface area contributed by atoms with E-state index in [1.165, 1.54) is 16.4 Å². The van der Waals surface area contributed by atoms with Gasteiger partial charge in [-0.2, -0.15) is 0 Å². The summed E-state index contributed by atoms with van der Waals surface area (Å²) < 4.78 is 46.0. The Labute approximate surface area is 118 Å². The predicted octanol–water partition coefficient (Wildman–Crippen LogP) is 2.30. The van der Waals surface area contributed by atoms with Gasteiger partial charge in [0, 0.05) is 0 Å². The molecule has 0 amide bonds. The average molecular weight is 299 g/mol. The number of sulfonamides is 1. The second kappa shape index (κ2) is 5.33. The molecule has 0 N–H and O–H groups in total. The molecule has 2 fully saturated rings. The van der Waals surface area contributed by atoms with Crippen molar-refractivity contribution in [3.63, 3.8) is 0 Å². The third-order valence-corrected chi connectivity index (χ3v) is 5.78. The fraction of sp³-hybridized carbons (Fsp3) is 0.571. The van der Waals surface area contributed by atoms with Gasteiger partial charge in [0.25, 0.3) is 0 Å². The molecule has 1 saturated carbocycles. The fourth-order valence-corrected chi connectivity index (χ4v) is 4.71. The first-order chi connectivity index (χ1) is 9.59. The molecule has 1 saturated heterocycles. The Bertz CT molecular complexity index is 590. The van der Waals surface area contributed by atoms with E-state index < -0.39 is 15.8 Å². The number of fused-ring (bicyclic) bond motifs is 1. The van der Waals surface area contributed by atoms with Gasteiger partial charge >= 0.3 is 0 Å². The van der Waals surface area contributed by atoms with Crippen molar-refractivity contribution in [3.05, 3.63) is 30.1 Å². The highest BCUT2D eigenvalue weighted by Gasteiger charge is 2.40. The van der Waals surface area contributed by atoms with Crippen molar-refractivity contribution in [2.75, 3.05) is 16.7 Å². The lowest BCUT2D eigenvalue weighted by Crippen LogP contribution is -2.48. The highest BCUT2D eigenvalue weighted by Crippen LogP contribution is 2.34. The van der Waals surface area contributed by atoms with Crippen molar-refractivity contribution >= 4 is 15.7 Å². The Balaban J connectivity index is 2.08. The molecule has 20 heavy (non-hydrogen) atoms. The zero-order valence-electron chi connectivity index (χ0n) is 11.2.